The van der Waals surface area contributed by atoms with Crippen LogP contribution in [-0.2, 0) is 11.3 Å². The van der Waals surface area contributed by atoms with Gasteiger partial charge in [-0.3, -0.25) is 15.6 Å². The van der Waals surface area contributed by atoms with Crippen molar-refractivity contribution in [2.24, 2.45) is 5.92 Å². The average molecular weight is 282 g/mol. The van der Waals surface area contributed by atoms with E-state index in [4.69, 9.17) is 11.6 Å². The molecule has 2 unspecified atom stereocenters. The lowest BCUT2D eigenvalue weighted by Crippen LogP contribution is -2.31. The number of hydrogen-bond acceptors (Lipinski definition) is 3. The monoisotopic (exact) mass is 281 g/mol. The van der Waals surface area contributed by atoms with Crippen LogP contribution in [0.1, 0.15) is 25.8 Å². The number of carbonyl (C=O) groups excluding carboxylic acids is 1. The zero-order valence-electron chi connectivity index (χ0n) is 11.2. The van der Waals surface area contributed by atoms with E-state index in [0.717, 1.165) is 5.56 Å². The minimum atomic E-state index is 0.0640. The summed E-state index contributed by atoms with van der Waals surface area (Å²) in [6.45, 7) is 4.65. The van der Waals surface area contributed by atoms with Gasteiger partial charge in [-0.1, -0.05) is 29.8 Å². The predicted octanol–water partition coefficient (Wildman–Crippen LogP) is 1.85. The second kappa shape index (κ2) is 6.37. The number of benzene rings is 1. The lowest BCUT2D eigenvalue weighted by Gasteiger charge is -2.17. The number of hydrogen-bond donors (Lipinski definition) is 3. The molecule has 1 fully saturated rings. The maximum Gasteiger partial charge on any atom is 0.220 e. The van der Waals surface area contributed by atoms with Crippen LogP contribution in [0.4, 0.5) is 0 Å². The molecular formula is C14H20ClN3O. The van der Waals surface area contributed by atoms with Crippen LogP contribution in [0.5, 0.6) is 0 Å². The van der Waals surface area contributed by atoms with Gasteiger partial charge in [0.1, 0.15) is 0 Å². The van der Waals surface area contributed by atoms with E-state index < -0.39 is 0 Å². The first-order chi connectivity index (χ1) is 9.08. The van der Waals surface area contributed by atoms with Gasteiger partial charge in [0, 0.05) is 36.0 Å². The molecule has 0 radical (unpaired) electrons. The fourth-order valence-electron chi connectivity index (χ4n) is 2.39. The molecule has 0 spiro atoms. The number of nitrogens with one attached hydrogen (secondary N) is 3. The Hall–Kier alpha value is -1.10. The molecule has 19 heavy (non-hydrogen) atoms. The van der Waals surface area contributed by atoms with E-state index in [1.54, 1.807) is 0 Å². The van der Waals surface area contributed by atoms with E-state index in [1.807, 2.05) is 24.3 Å². The van der Waals surface area contributed by atoms with Gasteiger partial charge in [-0.2, -0.15) is 0 Å². The molecule has 3 N–H and O–H groups in total. The Morgan fingerprint density at radius 1 is 1.26 bits per heavy atom. The highest BCUT2D eigenvalue weighted by Gasteiger charge is 2.31. The van der Waals surface area contributed by atoms with Crippen LogP contribution in [0.3, 0.4) is 0 Å². The summed E-state index contributed by atoms with van der Waals surface area (Å²) >= 11 is 6.05. The molecule has 0 bridgehead atoms. The SMILES string of the molecule is CC1NNC(C)C1CC(=O)NCc1ccccc1Cl. The van der Waals surface area contributed by atoms with Crippen molar-refractivity contribution in [3.8, 4) is 0 Å². The second-order valence-corrected chi connectivity index (χ2v) is 5.51. The lowest BCUT2D eigenvalue weighted by atomic mass is 9.93. The Labute approximate surface area is 118 Å². The number of rotatable bonds is 4. The molecule has 1 aromatic rings. The van der Waals surface area contributed by atoms with Crippen molar-refractivity contribution < 1.29 is 4.79 Å². The van der Waals surface area contributed by atoms with Crippen molar-refractivity contribution in [2.45, 2.75) is 38.9 Å². The molecule has 0 aliphatic carbocycles. The Kier molecular flexibility index (Phi) is 4.80. The Balaban J connectivity index is 1.84. The minimum Gasteiger partial charge on any atom is -0.352 e. The smallest absolute Gasteiger partial charge is 0.220 e. The van der Waals surface area contributed by atoms with Crippen molar-refractivity contribution in [3.05, 3.63) is 34.9 Å². The lowest BCUT2D eigenvalue weighted by molar-refractivity contribution is -0.122. The van der Waals surface area contributed by atoms with E-state index in [1.165, 1.54) is 0 Å². The first kappa shape index (κ1) is 14.3. The highest BCUT2D eigenvalue weighted by molar-refractivity contribution is 6.31. The number of carbonyl (C=O) groups is 1. The molecule has 104 valence electrons. The summed E-state index contributed by atoms with van der Waals surface area (Å²) in [5, 5.41) is 3.62. The summed E-state index contributed by atoms with van der Waals surface area (Å²) < 4.78 is 0. The normalized spacial score (nSPS) is 26.4. The summed E-state index contributed by atoms with van der Waals surface area (Å²) in [5.41, 5.74) is 7.26. The standard InChI is InChI=1S/C14H20ClN3O/c1-9-12(10(2)18-17-9)7-14(19)16-8-11-5-3-4-6-13(11)15/h3-6,9-10,12,17-18H,7-8H2,1-2H3,(H,16,19). The summed E-state index contributed by atoms with van der Waals surface area (Å²) in [4.78, 5) is 12.0. The van der Waals surface area contributed by atoms with Gasteiger partial charge in [0.05, 0.1) is 0 Å². The van der Waals surface area contributed by atoms with Crippen molar-refractivity contribution in [3.63, 3.8) is 0 Å². The molecule has 1 aliphatic heterocycles. The van der Waals surface area contributed by atoms with Gasteiger partial charge >= 0.3 is 0 Å². The third kappa shape index (κ3) is 3.69. The Bertz CT molecular complexity index is 442. The Morgan fingerprint density at radius 2 is 1.89 bits per heavy atom. The highest BCUT2D eigenvalue weighted by atomic mass is 35.5. The minimum absolute atomic E-state index is 0.0640. The fraction of sp³-hybridized carbons (Fsp3) is 0.500. The van der Waals surface area contributed by atoms with Crippen LogP contribution in [0.15, 0.2) is 24.3 Å². The van der Waals surface area contributed by atoms with Crippen molar-refractivity contribution in [2.75, 3.05) is 0 Å². The van der Waals surface area contributed by atoms with Gasteiger partial charge in [0.2, 0.25) is 5.91 Å². The van der Waals surface area contributed by atoms with Crippen molar-refractivity contribution in [1.82, 2.24) is 16.2 Å². The molecule has 1 aromatic carbocycles. The maximum absolute atomic E-state index is 12.0. The summed E-state index contributed by atoms with van der Waals surface area (Å²) in [6, 6.07) is 8.17. The van der Waals surface area contributed by atoms with E-state index in [0.29, 0.717) is 36.0 Å². The van der Waals surface area contributed by atoms with E-state index >= 15 is 0 Å². The van der Waals surface area contributed by atoms with E-state index in [9.17, 15) is 4.79 Å². The largest absolute Gasteiger partial charge is 0.352 e. The molecular weight excluding hydrogens is 262 g/mol. The molecule has 0 saturated carbocycles. The first-order valence-electron chi connectivity index (χ1n) is 6.59. The van der Waals surface area contributed by atoms with Crippen LogP contribution >= 0.6 is 11.6 Å². The van der Waals surface area contributed by atoms with Gasteiger partial charge in [0.25, 0.3) is 0 Å². The van der Waals surface area contributed by atoms with Crippen LogP contribution in [-0.4, -0.2) is 18.0 Å². The highest BCUT2D eigenvalue weighted by Crippen LogP contribution is 2.19. The fourth-order valence-corrected chi connectivity index (χ4v) is 2.59. The summed E-state index contributed by atoms with van der Waals surface area (Å²) in [7, 11) is 0. The molecule has 5 heteroatoms. The molecule has 2 rings (SSSR count). The number of amides is 1. The summed E-state index contributed by atoms with van der Waals surface area (Å²) in [5.74, 6) is 0.375. The molecule has 1 aliphatic rings. The third-order valence-corrected chi connectivity index (χ3v) is 4.05. The third-order valence-electron chi connectivity index (χ3n) is 3.68. The molecule has 0 aromatic heterocycles. The average Bonchev–Trinajstić information content (AvgIpc) is 2.70. The van der Waals surface area contributed by atoms with Gasteiger partial charge in [-0.15, -0.1) is 0 Å². The molecule has 1 heterocycles. The van der Waals surface area contributed by atoms with Gasteiger partial charge < -0.3 is 5.32 Å². The summed E-state index contributed by atoms with van der Waals surface area (Å²) in [6.07, 6.45) is 0.521. The van der Waals surface area contributed by atoms with Gasteiger partial charge in [-0.05, 0) is 25.5 Å². The molecule has 1 saturated heterocycles. The quantitative estimate of drug-likeness (QED) is 0.789. The topological polar surface area (TPSA) is 53.2 Å². The second-order valence-electron chi connectivity index (χ2n) is 5.10. The van der Waals surface area contributed by atoms with Gasteiger partial charge in [0.15, 0.2) is 0 Å². The first-order valence-corrected chi connectivity index (χ1v) is 6.97. The van der Waals surface area contributed by atoms with E-state index in [2.05, 4.69) is 30.0 Å². The molecule has 4 nitrogen and oxygen atoms in total. The number of hydrazine groups is 1. The number of halogens is 1. The van der Waals surface area contributed by atoms with Crippen molar-refractivity contribution in [1.29, 1.82) is 0 Å². The van der Waals surface area contributed by atoms with Crippen LogP contribution in [0.2, 0.25) is 5.02 Å². The molecule has 1 amide bonds. The van der Waals surface area contributed by atoms with Crippen LogP contribution in [0.25, 0.3) is 0 Å². The zero-order valence-corrected chi connectivity index (χ0v) is 12.0. The molecule has 2 atom stereocenters. The van der Waals surface area contributed by atoms with E-state index in [-0.39, 0.29) is 5.91 Å². The van der Waals surface area contributed by atoms with Crippen molar-refractivity contribution >= 4 is 17.5 Å². The zero-order chi connectivity index (χ0) is 13.8. The Morgan fingerprint density at radius 3 is 2.53 bits per heavy atom. The van der Waals surface area contributed by atoms with Crippen LogP contribution in [0, 0.1) is 5.92 Å². The maximum atomic E-state index is 12.0. The van der Waals surface area contributed by atoms with Crippen LogP contribution < -0.4 is 16.2 Å². The van der Waals surface area contributed by atoms with Gasteiger partial charge in [-0.25, -0.2) is 0 Å². The predicted molar refractivity (Wildman–Crippen MR) is 76.6 cm³/mol.